The standard InChI is InChI=1S/C18H21N5OS/c1-18(24)7-9-23(10-8-18)17-21-15-14(19-12-20-15)16(22-17)25-11-13-5-3-2-4-6-13/h2-6,12,24H,7-11H2,1H3,(H,19,20,21,22). The van der Waals surface area contributed by atoms with Crippen LogP contribution in [0.3, 0.4) is 0 Å². The van der Waals surface area contributed by atoms with Gasteiger partial charge in [-0.25, -0.2) is 9.97 Å². The summed E-state index contributed by atoms with van der Waals surface area (Å²) in [5, 5.41) is 11.0. The van der Waals surface area contributed by atoms with Crippen LogP contribution in [-0.2, 0) is 5.75 Å². The topological polar surface area (TPSA) is 77.9 Å². The zero-order chi connectivity index (χ0) is 17.3. The van der Waals surface area contributed by atoms with E-state index in [1.54, 1.807) is 18.1 Å². The molecule has 0 unspecified atom stereocenters. The Hall–Kier alpha value is -2.12. The molecule has 6 nitrogen and oxygen atoms in total. The molecule has 3 heterocycles. The molecule has 1 aliphatic heterocycles. The first-order valence-electron chi connectivity index (χ1n) is 8.46. The van der Waals surface area contributed by atoms with Gasteiger partial charge in [0.05, 0.1) is 11.9 Å². The highest BCUT2D eigenvalue weighted by atomic mass is 32.2. The van der Waals surface area contributed by atoms with Gasteiger partial charge in [-0.15, -0.1) is 0 Å². The highest BCUT2D eigenvalue weighted by Gasteiger charge is 2.29. The van der Waals surface area contributed by atoms with Crippen LogP contribution in [0.15, 0.2) is 41.7 Å². The number of nitrogens with zero attached hydrogens (tertiary/aromatic N) is 4. The summed E-state index contributed by atoms with van der Waals surface area (Å²) in [6.45, 7) is 3.41. The average Bonchev–Trinajstić information content (AvgIpc) is 3.09. The van der Waals surface area contributed by atoms with Gasteiger partial charge in [0.15, 0.2) is 5.65 Å². The van der Waals surface area contributed by atoms with Crippen LogP contribution in [0, 0.1) is 0 Å². The Balaban J connectivity index is 1.59. The molecule has 7 heteroatoms. The third-order valence-electron chi connectivity index (χ3n) is 4.58. The van der Waals surface area contributed by atoms with Crippen LogP contribution in [0.2, 0.25) is 0 Å². The minimum Gasteiger partial charge on any atom is -0.390 e. The number of rotatable bonds is 4. The fraction of sp³-hybridized carbons (Fsp3) is 0.389. The van der Waals surface area contributed by atoms with E-state index in [4.69, 9.17) is 4.98 Å². The van der Waals surface area contributed by atoms with Gasteiger partial charge in [-0.05, 0) is 25.3 Å². The number of fused-ring (bicyclic) bond motifs is 1. The number of piperidine rings is 1. The summed E-state index contributed by atoms with van der Waals surface area (Å²) in [6, 6.07) is 10.3. The van der Waals surface area contributed by atoms with Gasteiger partial charge in [0.25, 0.3) is 0 Å². The van der Waals surface area contributed by atoms with E-state index in [2.05, 4.69) is 32.0 Å². The Morgan fingerprint density at radius 1 is 1.20 bits per heavy atom. The average molecular weight is 355 g/mol. The van der Waals surface area contributed by atoms with Crippen LogP contribution in [0.4, 0.5) is 5.95 Å². The number of aliphatic hydroxyl groups is 1. The van der Waals surface area contributed by atoms with Gasteiger partial charge in [-0.2, -0.15) is 4.98 Å². The molecule has 130 valence electrons. The second kappa shape index (κ2) is 6.65. The molecule has 2 N–H and O–H groups in total. The van der Waals surface area contributed by atoms with Crippen molar-refractivity contribution in [3.8, 4) is 0 Å². The first-order valence-corrected chi connectivity index (χ1v) is 9.44. The molecule has 0 atom stereocenters. The van der Waals surface area contributed by atoms with Crippen molar-refractivity contribution in [1.82, 2.24) is 19.9 Å². The Labute approximate surface area is 150 Å². The summed E-state index contributed by atoms with van der Waals surface area (Å²) in [7, 11) is 0. The fourth-order valence-corrected chi connectivity index (χ4v) is 3.88. The monoisotopic (exact) mass is 355 g/mol. The summed E-state index contributed by atoms with van der Waals surface area (Å²) in [5.74, 6) is 1.55. The molecule has 1 aromatic carbocycles. The highest BCUT2D eigenvalue weighted by molar-refractivity contribution is 7.98. The quantitative estimate of drug-likeness (QED) is 0.553. The van der Waals surface area contributed by atoms with E-state index in [-0.39, 0.29) is 0 Å². The Morgan fingerprint density at radius 2 is 1.96 bits per heavy atom. The molecule has 1 fully saturated rings. The van der Waals surface area contributed by atoms with E-state index in [1.807, 2.05) is 25.1 Å². The second-order valence-corrected chi connectivity index (χ2v) is 7.65. The maximum absolute atomic E-state index is 10.2. The molecule has 2 aromatic heterocycles. The predicted octanol–water partition coefficient (Wildman–Crippen LogP) is 3.00. The third kappa shape index (κ3) is 3.62. The van der Waals surface area contributed by atoms with Gasteiger partial charge in [0.2, 0.25) is 5.95 Å². The van der Waals surface area contributed by atoms with E-state index >= 15 is 0 Å². The van der Waals surface area contributed by atoms with E-state index < -0.39 is 5.60 Å². The normalized spacial score (nSPS) is 17.1. The van der Waals surface area contributed by atoms with Gasteiger partial charge in [-0.1, -0.05) is 42.1 Å². The van der Waals surface area contributed by atoms with Crippen LogP contribution in [0.25, 0.3) is 11.2 Å². The lowest BCUT2D eigenvalue weighted by Crippen LogP contribution is -2.43. The van der Waals surface area contributed by atoms with E-state index in [0.29, 0.717) is 5.95 Å². The largest absolute Gasteiger partial charge is 0.390 e. The minimum absolute atomic E-state index is 0.584. The van der Waals surface area contributed by atoms with Gasteiger partial charge >= 0.3 is 0 Å². The van der Waals surface area contributed by atoms with Crippen molar-refractivity contribution in [3.05, 3.63) is 42.2 Å². The van der Waals surface area contributed by atoms with Crippen LogP contribution in [0.5, 0.6) is 0 Å². The first kappa shape index (κ1) is 16.4. The molecular weight excluding hydrogens is 334 g/mol. The summed E-state index contributed by atoms with van der Waals surface area (Å²) >= 11 is 1.68. The number of anilines is 1. The van der Waals surface area contributed by atoms with Crippen molar-refractivity contribution in [3.63, 3.8) is 0 Å². The van der Waals surface area contributed by atoms with Gasteiger partial charge in [0.1, 0.15) is 10.5 Å². The number of aromatic amines is 1. The second-order valence-electron chi connectivity index (χ2n) is 6.69. The van der Waals surface area contributed by atoms with Crippen molar-refractivity contribution in [2.24, 2.45) is 0 Å². The predicted molar refractivity (Wildman–Crippen MR) is 99.8 cm³/mol. The van der Waals surface area contributed by atoms with Crippen molar-refractivity contribution in [1.29, 1.82) is 0 Å². The summed E-state index contributed by atoms with van der Waals surface area (Å²) < 4.78 is 0. The Bertz CT molecular complexity index is 854. The molecule has 0 aliphatic carbocycles. The molecule has 4 rings (SSSR count). The van der Waals surface area contributed by atoms with E-state index in [0.717, 1.165) is 47.9 Å². The van der Waals surface area contributed by atoms with Crippen molar-refractivity contribution in [2.45, 2.75) is 36.1 Å². The van der Waals surface area contributed by atoms with E-state index in [1.165, 1.54) is 5.56 Å². The van der Waals surface area contributed by atoms with Gasteiger partial charge < -0.3 is 15.0 Å². The zero-order valence-electron chi connectivity index (χ0n) is 14.1. The van der Waals surface area contributed by atoms with Crippen LogP contribution < -0.4 is 4.90 Å². The number of benzene rings is 1. The SMILES string of the molecule is CC1(O)CCN(c2nc(SCc3ccccc3)c3nc[nH]c3n2)CC1. The Kier molecular flexibility index (Phi) is 4.35. The molecular formula is C18H21N5OS. The summed E-state index contributed by atoms with van der Waals surface area (Å²) in [5.41, 5.74) is 2.25. The lowest BCUT2D eigenvalue weighted by molar-refractivity contribution is 0.0349. The Morgan fingerprint density at radius 3 is 2.72 bits per heavy atom. The molecule has 1 saturated heterocycles. The van der Waals surface area contributed by atoms with Crippen LogP contribution >= 0.6 is 11.8 Å². The molecule has 0 spiro atoms. The van der Waals surface area contributed by atoms with Gasteiger partial charge in [0, 0.05) is 18.8 Å². The smallest absolute Gasteiger partial charge is 0.228 e. The first-order chi connectivity index (χ1) is 12.1. The number of H-pyrrole nitrogens is 1. The molecule has 0 amide bonds. The number of nitrogens with one attached hydrogen (secondary N) is 1. The highest BCUT2D eigenvalue weighted by Crippen LogP contribution is 2.30. The summed E-state index contributed by atoms with van der Waals surface area (Å²) in [6.07, 6.45) is 3.12. The molecule has 25 heavy (non-hydrogen) atoms. The fourth-order valence-electron chi connectivity index (χ4n) is 2.95. The third-order valence-corrected chi connectivity index (χ3v) is 5.61. The maximum atomic E-state index is 10.2. The number of imidazole rings is 1. The van der Waals surface area contributed by atoms with Crippen LogP contribution in [0.1, 0.15) is 25.3 Å². The lowest BCUT2D eigenvalue weighted by Gasteiger charge is -2.35. The van der Waals surface area contributed by atoms with E-state index in [9.17, 15) is 5.11 Å². The van der Waals surface area contributed by atoms with Crippen LogP contribution in [-0.4, -0.2) is 43.7 Å². The number of hydrogen-bond acceptors (Lipinski definition) is 6. The molecule has 0 bridgehead atoms. The lowest BCUT2D eigenvalue weighted by atomic mass is 9.94. The van der Waals surface area contributed by atoms with Crippen molar-refractivity contribution >= 4 is 28.9 Å². The number of hydrogen-bond donors (Lipinski definition) is 2. The van der Waals surface area contributed by atoms with Crippen molar-refractivity contribution in [2.75, 3.05) is 18.0 Å². The molecule has 0 saturated carbocycles. The maximum Gasteiger partial charge on any atom is 0.228 e. The zero-order valence-corrected chi connectivity index (χ0v) is 15.0. The molecule has 3 aromatic rings. The molecule has 1 aliphatic rings. The summed E-state index contributed by atoms with van der Waals surface area (Å²) in [4.78, 5) is 19.0. The van der Waals surface area contributed by atoms with Gasteiger partial charge in [-0.3, -0.25) is 0 Å². The minimum atomic E-state index is -0.584. The van der Waals surface area contributed by atoms with Crippen molar-refractivity contribution < 1.29 is 5.11 Å². The molecule has 0 radical (unpaired) electrons. The number of aromatic nitrogens is 4. The number of thioether (sulfide) groups is 1.